The quantitative estimate of drug-likeness (QED) is 0.845. The van der Waals surface area contributed by atoms with Crippen LogP contribution in [-0.2, 0) is 6.42 Å². The minimum Gasteiger partial charge on any atom is -0.372 e. The molecular weight excluding hydrogens is 346 g/mol. The summed E-state index contributed by atoms with van der Waals surface area (Å²) in [6.45, 7) is 0. The van der Waals surface area contributed by atoms with E-state index in [2.05, 4.69) is 37.9 Å². The molecule has 0 aromatic carbocycles. The number of aromatic nitrogens is 2. The molecule has 3 nitrogen and oxygen atoms in total. The van der Waals surface area contributed by atoms with E-state index in [-0.39, 0.29) is 5.82 Å². The Kier molecular flexibility index (Phi) is 3.46. The first-order chi connectivity index (χ1) is 7.90. The lowest BCUT2D eigenvalue weighted by Crippen LogP contribution is -2.16. The lowest BCUT2D eigenvalue weighted by Gasteiger charge is -2.11. The fourth-order valence-electron chi connectivity index (χ4n) is 1.56. The standard InChI is InChI=1S/C10H11F3IN3/c1-15-9-7(14)8(5-2-3-5)16-6(17-9)4-10(11,12)13/h5H,2-4H2,1H3,(H,15,16,17). The minimum atomic E-state index is -4.27. The molecular formula is C10H11F3IN3. The number of hydrogen-bond donors (Lipinski definition) is 1. The Labute approximate surface area is 110 Å². The summed E-state index contributed by atoms with van der Waals surface area (Å²) in [5, 5.41) is 2.82. The van der Waals surface area contributed by atoms with Crippen LogP contribution in [0, 0.1) is 3.57 Å². The molecule has 1 aromatic rings. The van der Waals surface area contributed by atoms with E-state index in [0.717, 1.165) is 22.1 Å². The Morgan fingerprint density at radius 2 is 2.00 bits per heavy atom. The van der Waals surface area contributed by atoms with Crippen LogP contribution in [0.25, 0.3) is 0 Å². The highest BCUT2D eigenvalue weighted by atomic mass is 127. The molecule has 0 saturated heterocycles. The first-order valence-corrected chi connectivity index (χ1v) is 6.29. The van der Waals surface area contributed by atoms with Crippen LogP contribution in [0.5, 0.6) is 0 Å². The van der Waals surface area contributed by atoms with Crippen LogP contribution in [0.2, 0.25) is 0 Å². The van der Waals surface area contributed by atoms with Gasteiger partial charge in [0.15, 0.2) is 0 Å². The Balaban J connectivity index is 2.36. The molecule has 1 fully saturated rings. The van der Waals surface area contributed by atoms with E-state index in [1.807, 2.05) is 0 Å². The van der Waals surface area contributed by atoms with E-state index in [9.17, 15) is 13.2 Å². The van der Waals surface area contributed by atoms with Gasteiger partial charge in [-0.05, 0) is 35.4 Å². The molecule has 0 radical (unpaired) electrons. The fourth-order valence-corrected chi connectivity index (χ4v) is 2.52. The third-order valence-electron chi connectivity index (χ3n) is 2.48. The van der Waals surface area contributed by atoms with Crippen LogP contribution in [0.1, 0.15) is 30.3 Å². The first-order valence-electron chi connectivity index (χ1n) is 5.21. The summed E-state index contributed by atoms with van der Waals surface area (Å²) in [5.41, 5.74) is 0.754. The van der Waals surface area contributed by atoms with Crippen LogP contribution in [-0.4, -0.2) is 23.2 Å². The maximum Gasteiger partial charge on any atom is 0.396 e. The molecule has 94 valence electrons. The molecule has 0 unspecified atom stereocenters. The molecule has 1 aromatic heterocycles. The molecule has 2 rings (SSSR count). The number of rotatable bonds is 3. The van der Waals surface area contributed by atoms with E-state index in [4.69, 9.17) is 0 Å². The summed E-state index contributed by atoms with van der Waals surface area (Å²) in [6.07, 6.45) is -3.33. The van der Waals surface area contributed by atoms with Gasteiger partial charge in [0.1, 0.15) is 18.1 Å². The van der Waals surface area contributed by atoms with Crippen molar-refractivity contribution in [2.45, 2.75) is 31.4 Å². The number of alkyl halides is 3. The van der Waals surface area contributed by atoms with E-state index in [1.54, 1.807) is 7.05 Å². The number of hydrogen-bond acceptors (Lipinski definition) is 3. The highest BCUT2D eigenvalue weighted by Crippen LogP contribution is 2.42. The lowest BCUT2D eigenvalue weighted by molar-refractivity contribution is -0.128. The summed E-state index contributed by atoms with van der Waals surface area (Å²) < 4.78 is 37.8. The van der Waals surface area contributed by atoms with E-state index in [1.165, 1.54) is 0 Å². The average Bonchev–Trinajstić information content (AvgIpc) is 3.01. The van der Waals surface area contributed by atoms with Gasteiger partial charge in [-0.2, -0.15) is 13.2 Å². The third kappa shape index (κ3) is 3.20. The van der Waals surface area contributed by atoms with Gasteiger partial charge in [-0.3, -0.25) is 0 Å². The van der Waals surface area contributed by atoms with Crippen molar-refractivity contribution in [1.82, 2.24) is 9.97 Å². The van der Waals surface area contributed by atoms with Gasteiger partial charge < -0.3 is 5.32 Å². The van der Waals surface area contributed by atoms with Crippen LogP contribution < -0.4 is 5.32 Å². The summed E-state index contributed by atoms with van der Waals surface area (Å²) >= 11 is 2.08. The molecule has 1 saturated carbocycles. The molecule has 0 aliphatic heterocycles. The molecule has 1 aliphatic rings. The zero-order valence-corrected chi connectivity index (χ0v) is 11.3. The maximum absolute atomic E-state index is 12.3. The van der Waals surface area contributed by atoms with Gasteiger partial charge in [-0.15, -0.1) is 0 Å². The van der Waals surface area contributed by atoms with Crippen LogP contribution in [0.3, 0.4) is 0 Å². The van der Waals surface area contributed by atoms with E-state index in [0.29, 0.717) is 11.7 Å². The van der Waals surface area contributed by atoms with Gasteiger partial charge in [-0.25, -0.2) is 9.97 Å². The fraction of sp³-hybridized carbons (Fsp3) is 0.600. The molecule has 1 N–H and O–H groups in total. The van der Waals surface area contributed by atoms with Crippen molar-refractivity contribution in [3.63, 3.8) is 0 Å². The second-order valence-corrected chi connectivity index (χ2v) is 5.08. The molecule has 1 heterocycles. The van der Waals surface area contributed by atoms with Gasteiger partial charge in [0, 0.05) is 13.0 Å². The molecule has 1 aliphatic carbocycles. The topological polar surface area (TPSA) is 37.8 Å². The van der Waals surface area contributed by atoms with Gasteiger partial charge in [-0.1, -0.05) is 0 Å². The van der Waals surface area contributed by atoms with Crippen molar-refractivity contribution in [2.75, 3.05) is 12.4 Å². The summed E-state index contributed by atoms with van der Waals surface area (Å²) in [7, 11) is 1.65. The summed E-state index contributed by atoms with van der Waals surface area (Å²) in [4.78, 5) is 7.95. The molecule has 0 amide bonds. The molecule has 17 heavy (non-hydrogen) atoms. The summed E-state index contributed by atoms with van der Waals surface area (Å²) in [5.74, 6) is 0.648. The predicted octanol–water partition coefficient (Wildman–Crippen LogP) is 3.11. The lowest BCUT2D eigenvalue weighted by atomic mass is 10.2. The normalized spacial score (nSPS) is 16.1. The van der Waals surface area contributed by atoms with E-state index < -0.39 is 12.6 Å². The highest BCUT2D eigenvalue weighted by Gasteiger charge is 2.33. The zero-order valence-electron chi connectivity index (χ0n) is 9.10. The van der Waals surface area contributed by atoms with Crippen molar-refractivity contribution >= 4 is 28.4 Å². The molecule has 0 spiro atoms. The number of nitrogens with zero attached hydrogens (tertiary/aromatic N) is 2. The average molecular weight is 357 g/mol. The van der Waals surface area contributed by atoms with Gasteiger partial charge in [0.25, 0.3) is 0 Å². The van der Waals surface area contributed by atoms with Crippen LogP contribution in [0.4, 0.5) is 19.0 Å². The summed E-state index contributed by atoms with van der Waals surface area (Å²) in [6, 6.07) is 0. The van der Waals surface area contributed by atoms with Crippen molar-refractivity contribution in [3.05, 3.63) is 15.1 Å². The number of nitrogens with one attached hydrogen (secondary N) is 1. The van der Waals surface area contributed by atoms with Crippen molar-refractivity contribution in [2.24, 2.45) is 0 Å². The monoisotopic (exact) mass is 357 g/mol. The Bertz CT molecular complexity index is 430. The highest BCUT2D eigenvalue weighted by molar-refractivity contribution is 14.1. The number of halogens is 4. The third-order valence-corrected chi connectivity index (χ3v) is 3.55. The number of anilines is 1. The minimum absolute atomic E-state index is 0.149. The maximum atomic E-state index is 12.3. The van der Waals surface area contributed by atoms with Crippen LogP contribution in [0.15, 0.2) is 0 Å². The Morgan fingerprint density at radius 1 is 1.35 bits per heavy atom. The largest absolute Gasteiger partial charge is 0.396 e. The van der Waals surface area contributed by atoms with Crippen molar-refractivity contribution in [3.8, 4) is 0 Å². The second kappa shape index (κ2) is 4.58. The second-order valence-electron chi connectivity index (χ2n) is 4.00. The zero-order chi connectivity index (χ0) is 12.6. The smallest absolute Gasteiger partial charge is 0.372 e. The van der Waals surface area contributed by atoms with Crippen molar-refractivity contribution in [1.29, 1.82) is 0 Å². The molecule has 0 bridgehead atoms. The van der Waals surface area contributed by atoms with Crippen LogP contribution >= 0.6 is 22.6 Å². The molecule has 0 atom stereocenters. The molecule has 7 heteroatoms. The SMILES string of the molecule is CNc1nc(CC(F)(F)F)nc(C2CC2)c1I. The Morgan fingerprint density at radius 3 is 2.47 bits per heavy atom. The first kappa shape index (κ1) is 12.8. The van der Waals surface area contributed by atoms with E-state index >= 15 is 0 Å². The van der Waals surface area contributed by atoms with Gasteiger partial charge >= 0.3 is 6.18 Å². The van der Waals surface area contributed by atoms with Crippen molar-refractivity contribution < 1.29 is 13.2 Å². The Hall–Kier alpha value is -0.600. The predicted molar refractivity (Wildman–Crippen MR) is 66.0 cm³/mol. The van der Waals surface area contributed by atoms with Gasteiger partial charge in [0.2, 0.25) is 0 Å². The van der Waals surface area contributed by atoms with Gasteiger partial charge in [0.05, 0.1) is 9.26 Å².